The summed E-state index contributed by atoms with van der Waals surface area (Å²) >= 11 is 8.93. The van der Waals surface area contributed by atoms with Gasteiger partial charge >= 0.3 is 0 Å². The number of halogens is 3. The number of hydrogen-bond donors (Lipinski definition) is 1. The molecule has 0 unspecified atom stereocenters. The lowest BCUT2D eigenvalue weighted by Crippen LogP contribution is -2.04. The van der Waals surface area contributed by atoms with Gasteiger partial charge in [-0.3, -0.25) is 10.1 Å². The van der Waals surface area contributed by atoms with Crippen LogP contribution in [-0.4, -0.2) is 4.92 Å². The first-order valence-electron chi connectivity index (χ1n) is 5.59. The SMILES string of the molecule is O=[N+]([O-])c1cc(Cl)c(F)cc1NCc1ccccc1Br. The molecule has 7 heteroatoms. The van der Waals surface area contributed by atoms with Crippen LogP contribution in [0.1, 0.15) is 5.56 Å². The van der Waals surface area contributed by atoms with Gasteiger partial charge in [0.2, 0.25) is 0 Å². The topological polar surface area (TPSA) is 55.2 Å². The Kier molecular flexibility index (Phi) is 4.57. The highest BCUT2D eigenvalue weighted by atomic mass is 79.9. The fourth-order valence-corrected chi connectivity index (χ4v) is 2.24. The van der Waals surface area contributed by atoms with Crippen molar-refractivity contribution in [2.75, 3.05) is 5.32 Å². The highest BCUT2D eigenvalue weighted by Gasteiger charge is 2.17. The summed E-state index contributed by atoms with van der Waals surface area (Å²) in [4.78, 5) is 10.3. The average molecular weight is 360 g/mol. The third-order valence-corrected chi connectivity index (χ3v) is 3.73. The second-order valence-corrected chi connectivity index (χ2v) is 5.25. The van der Waals surface area contributed by atoms with Gasteiger partial charge in [0.1, 0.15) is 11.5 Å². The van der Waals surface area contributed by atoms with Gasteiger partial charge in [-0.2, -0.15) is 0 Å². The molecule has 0 atom stereocenters. The van der Waals surface area contributed by atoms with E-state index in [1.807, 2.05) is 24.3 Å². The van der Waals surface area contributed by atoms with Gasteiger partial charge in [0.25, 0.3) is 5.69 Å². The lowest BCUT2D eigenvalue weighted by Gasteiger charge is -2.09. The van der Waals surface area contributed by atoms with E-state index >= 15 is 0 Å². The molecule has 0 heterocycles. The summed E-state index contributed by atoms with van der Waals surface area (Å²) in [5.41, 5.74) is 0.730. The molecule has 2 aromatic carbocycles. The van der Waals surface area contributed by atoms with E-state index in [1.54, 1.807) is 0 Å². The van der Waals surface area contributed by atoms with Crippen LogP contribution < -0.4 is 5.32 Å². The Morgan fingerprint density at radius 2 is 2.05 bits per heavy atom. The van der Waals surface area contributed by atoms with Gasteiger partial charge in [0.05, 0.1) is 9.95 Å². The summed E-state index contributed by atoms with van der Waals surface area (Å²) in [7, 11) is 0. The molecule has 0 aliphatic heterocycles. The molecule has 0 spiro atoms. The number of rotatable bonds is 4. The van der Waals surface area contributed by atoms with E-state index in [0.717, 1.165) is 22.2 Å². The van der Waals surface area contributed by atoms with Crippen molar-refractivity contribution in [2.24, 2.45) is 0 Å². The maximum Gasteiger partial charge on any atom is 0.294 e. The number of nitro benzene ring substituents is 1. The van der Waals surface area contributed by atoms with Crippen molar-refractivity contribution in [3.63, 3.8) is 0 Å². The molecule has 0 saturated carbocycles. The van der Waals surface area contributed by atoms with Crippen LogP contribution in [-0.2, 0) is 6.54 Å². The van der Waals surface area contributed by atoms with Crippen LogP contribution >= 0.6 is 27.5 Å². The van der Waals surface area contributed by atoms with Crippen molar-refractivity contribution in [3.8, 4) is 0 Å². The summed E-state index contributed by atoms with van der Waals surface area (Å²) < 4.78 is 14.3. The number of nitro groups is 1. The molecule has 20 heavy (non-hydrogen) atoms. The molecule has 0 fully saturated rings. The number of benzene rings is 2. The second-order valence-electron chi connectivity index (χ2n) is 3.99. The number of anilines is 1. The average Bonchev–Trinajstić information content (AvgIpc) is 2.41. The first-order chi connectivity index (χ1) is 9.49. The predicted molar refractivity (Wildman–Crippen MR) is 79.5 cm³/mol. The minimum atomic E-state index is -0.702. The van der Waals surface area contributed by atoms with Gasteiger partial charge < -0.3 is 5.32 Å². The predicted octanol–water partition coefficient (Wildman–Crippen LogP) is 4.76. The van der Waals surface area contributed by atoms with Crippen LogP contribution in [0.2, 0.25) is 5.02 Å². The summed E-state index contributed by atoms with van der Waals surface area (Å²) in [6, 6.07) is 9.44. The largest absolute Gasteiger partial charge is 0.375 e. The van der Waals surface area contributed by atoms with Crippen LogP contribution in [0.15, 0.2) is 40.9 Å². The molecular formula is C13H9BrClFN2O2. The Bertz CT molecular complexity index is 667. The van der Waals surface area contributed by atoms with Crippen LogP contribution in [0.5, 0.6) is 0 Å². The Morgan fingerprint density at radius 1 is 1.35 bits per heavy atom. The van der Waals surface area contributed by atoms with Gasteiger partial charge in [-0.25, -0.2) is 4.39 Å². The Morgan fingerprint density at radius 3 is 2.70 bits per heavy atom. The Hall–Kier alpha value is -1.66. The van der Waals surface area contributed by atoms with E-state index < -0.39 is 10.7 Å². The Labute approximate surface area is 127 Å². The van der Waals surface area contributed by atoms with Gasteiger partial charge in [-0.15, -0.1) is 0 Å². The third kappa shape index (κ3) is 3.26. The molecule has 2 rings (SSSR count). The van der Waals surface area contributed by atoms with Crippen LogP contribution in [0.25, 0.3) is 0 Å². The Balaban J connectivity index is 2.27. The molecule has 4 nitrogen and oxygen atoms in total. The number of nitrogens with one attached hydrogen (secondary N) is 1. The fraction of sp³-hybridized carbons (Fsp3) is 0.0769. The first-order valence-corrected chi connectivity index (χ1v) is 6.77. The summed E-state index contributed by atoms with van der Waals surface area (Å²) in [6.45, 7) is 0.323. The lowest BCUT2D eigenvalue weighted by atomic mass is 10.2. The minimum absolute atomic E-state index is 0.0904. The molecule has 0 bridgehead atoms. The van der Waals surface area contributed by atoms with Crippen molar-refractivity contribution in [1.29, 1.82) is 0 Å². The van der Waals surface area contributed by atoms with E-state index in [-0.39, 0.29) is 16.4 Å². The smallest absolute Gasteiger partial charge is 0.294 e. The normalized spacial score (nSPS) is 10.3. The molecule has 0 aromatic heterocycles. The summed E-state index contributed by atoms with van der Waals surface area (Å²) in [5.74, 6) is -0.702. The number of nitrogens with zero attached hydrogens (tertiary/aromatic N) is 1. The van der Waals surface area contributed by atoms with Crippen LogP contribution in [0.4, 0.5) is 15.8 Å². The summed E-state index contributed by atoms with van der Waals surface area (Å²) in [5, 5.41) is 13.5. The van der Waals surface area contributed by atoms with Gasteiger partial charge in [0.15, 0.2) is 0 Å². The second kappa shape index (κ2) is 6.19. The molecule has 104 valence electrons. The van der Waals surface area contributed by atoms with E-state index in [4.69, 9.17) is 11.6 Å². The molecular weight excluding hydrogens is 351 g/mol. The van der Waals surface area contributed by atoms with Gasteiger partial charge in [-0.05, 0) is 11.6 Å². The zero-order valence-corrected chi connectivity index (χ0v) is 12.4. The molecule has 1 N–H and O–H groups in total. The van der Waals surface area contributed by atoms with E-state index in [9.17, 15) is 14.5 Å². The highest BCUT2D eigenvalue weighted by molar-refractivity contribution is 9.10. The van der Waals surface area contributed by atoms with E-state index in [2.05, 4.69) is 21.2 Å². The zero-order valence-electron chi connectivity index (χ0n) is 10.1. The molecule has 0 aliphatic carbocycles. The van der Waals surface area contributed by atoms with Gasteiger partial charge in [0, 0.05) is 23.2 Å². The molecule has 2 aromatic rings. The zero-order chi connectivity index (χ0) is 14.7. The highest BCUT2D eigenvalue weighted by Crippen LogP contribution is 2.31. The molecule has 0 amide bonds. The number of hydrogen-bond acceptors (Lipinski definition) is 3. The van der Waals surface area contributed by atoms with Crippen molar-refractivity contribution in [1.82, 2.24) is 0 Å². The van der Waals surface area contributed by atoms with Crippen molar-refractivity contribution < 1.29 is 9.31 Å². The van der Waals surface area contributed by atoms with E-state index in [1.165, 1.54) is 0 Å². The van der Waals surface area contributed by atoms with Crippen molar-refractivity contribution in [2.45, 2.75) is 6.54 Å². The quantitative estimate of drug-likeness (QED) is 0.632. The molecule has 0 radical (unpaired) electrons. The first kappa shape index (κ1) is 14.7. The standard InChI is InChI=1S/C13H9BrClFN2O2/c14-9-4-2-1-3-8(9)7-17-12-6-11(16)10(15)5-13(12)18(19)20/h1-6,17H,7H2. The maximum atomic E-state index is 13.4. The molecule has 0 saturated heterocycles. The van der Waals surface area contributed by atoms with Crippen LogP contribution in [0.3, 0.4) is 0 Å². The summed E-state index contributed by atoms with van der Waals surface area (Å²) in [6.07, 6.45) is 0. The van der Waals surface area contributed by atoms with Gasteiger partial charge in [-0.1, -0.05) is 45.7 Å². The van der Waals surface area contributed by atoms with Crippen LogP contribution in [0, 0.1) is 15.9 Å². The lowest BCUT2D eigenvalue weighted by molar-refractivity contribution is -0.384. The molecule has 0 aliphatic rings. The fourth-order valence-electron chi connectivity index (χ4n) is 1.66. The minimum Gasteiger partial charge on any atom is -0.375 e. The van der Waals surface area contributed by atoms with E-state index in [0.29, 0.717) is 6.54 Å². The maximum absolute atomic E-state index is 13.4. The monoisotopic (exact) mass is 358 g/mol. The van der Waals surface area contributed by atoms with Crippen molar-refractivity contribution in [3.05, 3.63) is 67.4 Å². The third-order valence-electron chi connectivity index (χ3n) is 2.66. The van der Waals surface area contributed by atoms with Crippen molar-refractivity contribution >= 4 is 38.9 Å².